The molecule has 1 aromatic heterocycles. The molecular weight excluding hydrogens is 314 g/mol. The Balaban J connectivity index is 1.37. The van der Waals surface area contributed by atoms with E-state index >= 15 is 0 Å². The second kappa shape index (κ2) is 7.81. The maximum Gasteiger partial charge on any atom is 0.118 e. The molecule has 2 aliphatic heterocycles. The highest BCUT2D eigenvalue weighted by atomic mass is 16.5. The van der Waals surface area contributed by atoms with Gasteiger partial charge in [-0.15, -0.1) is 0 Å². The number of furan rings is 1. The van der Waals surface area contributed by atoms with Crippen molar-refractivity contribution in [2.45, 2.75) is 64.5 Å². The summed E-state index contributed by atoms with van der Waals surface area (Å²) in [4.78, 5) is 2.54. The zero-order chi connectivity index (χ0) is 17.1. The van der Waals surface area contributed by atoms with Crippen LogP contribution in [0.25, 0.3) is 0 Å². The normalized spacial score (nSPS) is 31.3. The Morgan fingerprint density at radius 1 is 1.20 bits per heavy atom. The monoisotopic (exact) mass is 347 g/mol. The molecule has 0 bridgehead atoms. The van der Waals surface area contributed by atoms with Gasteiger partial charge in [-0.25, -0.2) is 0 Å². The topological polar surface area (TPSA) is 34.8 Å². The summed E-state index contributed by atoms with van der Waals surface area (Å²) in [5.74, 6) is 2.88. The van der Waals surface area contributed by atoms with Crippen LogP contribution in [0, 0.1) is 18.3 Å². The fourth-order valence-corrected chi connectivity index (χ4v) is 5.12. The summed E-state index contributed by atoms with van der Waals surface area (Å²) in [5, 5.41) is 0. The van der Waals surface area contributed by atoms with Gasteiger partial charge in [-0.1, -0.05) is 12.8 Å². The molecule has 140 valence electrons. The standard InChI is InChI=1S/C21H33NO3/c1-17-7-8-19(25-17)13-22-11-9-20-21(15-22,10-4-12-24-20)16-23-14-18-5-2-3-6-18/h7-8,18,20H,2-6,9-16H2,1H3/t20-,21+/m1/s1. The zero-order valence-electron chi connectivity index (χ0n) is 15.7. The van der Waals surface area contributed by atoms with E-state index < -0.39 is 0 Å². The van der Waals surface area contributed by atoms with E-state index in [4.69, 9.17) is 13.9 Å². The van der Waals surface area contributed by atoms with Crippen molar-refractivity contribution in [1.82, 2.24) is 4.90 Å². The number of ether oxygens (including phenoxy) is 2. The summed E-state index contributed by atoms with van der Waals surface area (Å²) in [6, 6.07) is 4.17. The van der Waals surface area contributed by atoms with Crippen LogP contribution in [-0.2, 0) is 16.0 Å². The van der Waals surface area contributed by atoms with Crippen LogP contribution < -0.4 is 0 Å². The van der Waals surface area contributed by atoms with E-state index in [1.165, 1.54) is 32.1 Å². The lowest BCUT2D eigenvalue weighted by molar-refractivity contribution is -0.156. The predicted molar refractivity (Wildman–Crippen MR) is 97.5 cm³/mol. The van der Waals surface area contributed by atoms with Gasteiger partial charge >= 0.3 is 0 Å². The largest absolute Gasteiger partial charge is 0.465 e. The zero-order valence-corrected chi connectivity index (χ0v) is 15.7. The van der Waals surface area contributed by atoms with Crippen molar-refractivity contribution in [2.24, 2.45) is 11.3 Å². The minimum absolute atomic E-state index is 0.177. The Hall–Kier alpha value is -0.840. The summed E-state index contributed by atoms with van der Waals surface area (Å²) in [5.41, 5.74) is 0.177. The highest BCUT2D eigenvalue weighted by Gasteiger charge is 2.46. The van der Waals surface area contributed by atoms with E-state index in [1.807, 2.05) is 6.92 Å². The second-order valence-electron chi connectivity index (χ2n) is 8.50. The van der Waals surface area contributed by atoms with Gasteiger partial charge in [0.1, 0.15) is 11.5 Å². The number of nitrogens with zero attached hydrogens (tertiary/aromatic N) is 1. The SMILES string of the molecule is Cc1ccc(CN2CC[C@H]3OCCC[C@@]3(COCC3CCCC3)C2)o1. The third-order valence-electron chi connectivity index (χ3n) is 6.46. The van der Waals surface area contributed by atoms with Crippen LogP contribution in [0.4, 0.5) is 0 Å². The maximum atomic E-state index is 6.29. The quantitative estimate of drug-likeness (QED) is 0.774. The first-order valence-electron chi connectivity index (χ1n) is 10.2. The molecule has 4 rings (SSSR count). The lowest BCUT2D eigenvalue weighted by Crippen LogP contribution is -2.56. The molecule has 3 fully saturated rings. The molecule has 25 heavy (non-hydrogen) atoms. The Labute approximate surface area is 151 Å². The first kappa shape index (κ1) is 17.6. The number of likely N-dealkylation sites (tertiary alicyclic amines) is 1. The first-order chi connectivity index (χ1) is 12.2. The molecule has 0 N–H and O–H groups in total. The van der Waals surface area contributed by atoms with Gasteiger partial charge in [0.2, 0.25) is 0 Å². The van der Waals surface area contributed by atoms with Gasteiger partial charge in [0.25, 0.3) is 0 Å². The molecule has 1 saturated carbocycles. The Kier molecular flexibility index (Phi) is 5.49. The van der Waals surface area contributed by atoms with Crippen molar-refractivity contribution in [3.8, 4) is 0 Å². The van der Waals surface area contributed by atoms with Gasteiger partial charge in [-0.05, 0) is 57.1 Å². The number of aryl methyl sites for hydroxylation is 1. The third kappa shape index (κ3) is 4.12. The Morgan fingerprint density at radius 3 is 2.88 bits per heavy atom. The molecule has 3 aliphatic rings. The number of piperidine rings is 1. The first-order valence-corrected chi connectivity index (χ1v) is 10.2. The molecule has 2 atom stereocenters. The highest BCUT2D eigenvalue weighted by Crippen LogP contribution is 2.41. The van der Waals surface area contributed by atoms with Crippen LogP contribution in [0.3, 0.4) is 0 Å². The Morgan fingerprint density at radius 2 is 2.08 bits per heavy atom. The summed E-state index contributed by atoms with van der Waals surface area (Å²) < 4.78 is 18.3. The van der Waals surface area contributed by atoms with Crippen molar-refractivity contribution in [1.29, 1.82) is 0 Å². The van der Waals surface area contributed by atoms with Crippen molar-refractivity contribution in [3.05, 3.63) is 23.7 Å². The Bertz CT molecular complexity index is 551. The van der Waals surface area contributed by atoms with E-state index in [2.05, 4.69) is 17.0 Å². The number of rotatable bonds is 6. The number of fused-ring (bicyclic) bond motifs is 1. The molecule has 0 spiro atoms. The van der Waals surface area contributed by atoms with Gasteiger partial charge < -0.3 is 13.9 Å². The van der Waals surface area contributed by atoms with Gasteiger partial charge in [0, 0.05) is 31.7 Å². The average molecular weight is 347 g/mol. The fraction of sp³-hybridized carbons (Fsp3) is 0.810. The minimum Gasteiger partial charge on any atom is -0.465 e. The van der Waals surface area contributed by atoms with Crippen LogP contribution in [0.2, 0.25) is 0 Å². The number of hydrogen-bond acceptors (Lipinski definition) is 4. The molecule has 1 aromatic rings. The van der Waals surface area contributed by atoms with E-state index in [9.17, 15) is 0 Å². The molecule has 0 amide bonds. The molecule has 0 aromatic carbocycles. The van der Waals surface area contributed by atoms with Gasteiger partial charge in [0.05, 0.1) is 19.3 Å². The van der Waals surface area contributed by atoms with Gasteiger partial charge in [-0.3, -0.25) is 4.90 Å². The molecule has 0 radical (unpaired) electrons. The molecule has 2 saturated heterocycles. The predicted octanol–water partition coefficient (Wildman–Crippen LogP) is 4.17. The maximum absolute atomic E-state index is 6.29. The highest BCUT2D eigenvalue weighted by molar-refractivity contribution is 5.06. The summed E-state index contributed by atoms with van der Waals surface area (Å²) >= 11 is 0. The summed E-state index contributed by atoms with van der Waals surface area (Å²) in [6.45, 7) is 7.82. The van der Waals surface area contributed by atoms with Crippen molar-refractivity contribution in [3.63, 3.8) is 0 Å². The molecule has 0 unspecified atom stereocenters. The van der Waals surface area contributed by atoms with Crippen molar-refractivity contribution < 1.29 is 13.9 Å². The van der Waals surface area contributed by atoms with Crippen LogP contribution >= 0.6 is 0 Å². The van der Waals surface area contributed by atoms with Crippen LogP contribution in [-0.4, -0.2) is 43.9 Å². The lowest BCUT2D eigenvalue weighted by atomic mass is 9.73. The van der Waals surface area contributed by atoms with Crippen molar-refractivity contribution >= 4 is 0 Å². The number of hydrogen-bond donors (Lipinski definition) is 0. The van der Waals surface area contributed by atoms with E-state index in [0.29, 0.717) is 6.10 Å². The minimum atomic E-state index is 0.177. The fourth-order valence-electron chi connectivity index (χ4n) is 5.12. The molecule has 3 heterocycles. The molecule has 1 aliphatic carbocycles. The lowest BCUT2D eigenvalue weighted by Gasteiger charge is -2.50. The molecule has 4 heteroatoms. The smallest absolute Gasteiger partial charge is 0.118 e. The van der Waals surface area contributed by atoms with Crippen LogP contribution in [0.15, 0.2) is 16.5 Å². The van der Waals surface area contributed by atoms with E-state index in [1.54, 1.807) is 0 Å². The van der Waals surface area contributed by atoms with Gasteiger partial charge in [-0.2, -0.15) is 0 Å². The van der Waals surface area contributed by atoms with E-state index in [0.717, 1.165) is 69.7 Å². The van der Waals surface area contributed by atoms with E-state index in [-0.39, 0.29) is 5.41 Å². The molecular formula is C21H33NO3. The van der Waals surface area contributed by atoms with Crippen molar-refractivity contribution in [2.75, 3.05) is 32.9 Å². The van der Waals surface area contributed by atoms with Gasteiger partial charge in [0.15, 0.2) is 0 Å². The third-order valence-corrected chi connectivity index (χ3v) is 6.46. The molecule has 4 nitrogen and oxygen atoms in total. The average Bonchev–Trinajstić information content (AvgIpc) is 3.26. The van der Waals surface area contributed by atoms with Crippen LogP contribution in [0.5, 0.6) is 0 Å². The summed E-state index contributed by atoms with van der Waals surface area (Å²) in [7, 11) is 0. The van der Waals surface area contributed by atoms with Crippen LogP contribution in [0.1, 0.15) is 56.5 Å². The summed E-state index contributed by atoms with van der Waals surface area (Å²) in [6.07, 6.45) is 9.38. The second-order valence-corrected chi connectivity index (χ2v) is 8.50.